The number of nitrogens with one attached hydrogen (secondary N) is 1. The fraction of sp³-hybridized carbons (Fsp3) is 0.185. The summed E-state index contributed by atoms with van der Waals surface area (Å²) in [4.78, 5) is 27.0. The molecule has 0 bridgehead atoms. The Morgan fingerprint density at radius 1 is 0.938 bits per heavy atom. The molecule has 0 radical (unpaired) electrons. The van der Waals surface area contributed by atoms with Crippen LogP contribution in [0, 0.1) is 5.82 Å². The van der Waals surface area contributed by atoms with Crippen molar-refractivity contribution in [2.24, 2.45) is 0 Å². The standard InChI is InChI=1S/C27H27FN2O2/c1-20(2)29-26(31)18-23-9-6-10-25(17-23)30(19-22-11-14-24(28)15-12-22)27(32)16-13-21-7-4-3-5-8-21/h3-17,20H,18-19H2,1-2H3,(H,29,31)/b16-13+. The molecule has 0 unspecified atom stereocenters. The number of hydrogen-bond acceptors (Lipinski definition) is 2. The summed E-state index contributed by atoms with van der Waals surface area (Å²) in [5, 5.41) is 2.88. The van der Waals surface area contributed by atoms with Crippen LogP contribution in [0.1, 0.15) is 30.5 Å². The first-order chi connectivity index (χ1) is 15.4. The number of carbonyl (C=O) groups is 2. The Kier molecular flexibility index (Phi) is 7.92. The third-order valence-electron chi connectivity index (χ3n) is 4.77. The zero-order valence-electron chi connectivity index (χ0n) is 18.3. The number of nitrogens with zero attached hydrogens (tertiary/aromatic N) is 1. The van der Waals surface area contributed by atoms with E-state index in [1.54, 1.807) is 23.1 Å². The SMILES string of the molecule is CC(C)NC(=O)Cc1cccc(N(Cc2ccc(F)cc2)C(=O)/C=C/c2ccccc2)c1. The number of hydrogen-bond donors (Lipinski definition) is 1. The lowest BCUT2D eigenvalue weighted by Crippen LogP contribution is -2.31. The molecule has 3 rings (SSSR count). The van der Waals surface area contributed by atoms with Crippen molar-refractivity contribution in [2.75, 3.05) is 4.90 Å². The van der Waals surface area contributed by atoms with Crippen LogP contribution in [0.3, 0.4) is 0 Å². The van der Waals surface area contributed by atoms with Gasteiger partial charge in [-0.2, -0.15) is 0 Å². The van der Waals surface area contributed by atoms with E-state index in [0.29, 0.717) is 5.69 Å². The second kappa shape index (κ2) is 11.0. The van der Waals surface area contributed by atoms with Crippen LogP contribution in [0.25, 0.3) is 6.08 Å². The first-order valence-electron chi connectivity index (χ1n) is 10.6. The Bertz CT molecular complexity index is 1080. The van der Waals surface area contributed by atoms with E-state index in [4.69, 9.17) is 0 Å². The first-order valence-corrected chi connectivity index (χ1v) is 10.6. The Labute approximate surface area is 188 Å². The van der Waals surface area contributed by atoms with Gasteiger partial charge in [0.2, 0.25) is 5.91 Å². The average molecular weight is 431 g/mol. The van der Waals surface area contributed by atoms with Crippen molar-refractivity contribution < 1.29 is 14.0 Å². The van der Waals surface area contributed by atoms with Crippen LogP contribution < -0.4 is 10.2 Å². The maximum atomic E-state index is 13.3. The van der Waals surface area contributed by atoms with Crippen LogP contribution in [0.15, 0.2) is 84.9 Å². The molecule has 0 aliphatic heterocycles. The lowest BCUT2D eigenvalue weighted by atomic mass is 10.1. The predicted octanol–water partition coefficient (Wildman–Crippen LogP) is 5.14. The fourth-order valence-corrected chi connectivity index (χ4v) is 3.28. The van der Waals surface area contributed by atoms with Gasteiger partial charge in [-0.05, 0) is 60.9 Å². The molecule has 0 saturated heterocycles. The molecule has 1 N–H and O–H groups in total. The van der Waals surface area contributed by atoms with Crippen molar-refractivity contribution >= 4 is 23.6 Å². The summed E-state index contributed by atoms with van der Waals surface area (Å²) in [6, 6.07) is 23.1. The summed E-state index contributed by atoms with van der Waals surface area (Å²) >= 11 is 0. The van der Waals surface area contributed by atoms with Crippen molar-refractivity contribution in [2.45, 2.75) is 32.9 Å². The maximum Gasteiger partial charge on any atom is 0.251 e. The van der Waals surface area contributed by atoms with Crippen molar-refractivity contribution in [3.05, 3.63) is 107 Å². The van der Waals surface area contributed by atoms with Crippen LogP contribution in [-0.2, 0) is 22.6 Å². The molecule has 5 heteroatoms. The van der Waals surface area contributed by atoms with Crippen LogP contribution in [-0.4, -0.2) is 17.9 Å². The quantitative estimate of drug-likeness (QED) is 0.503. The molecule has 0 spiro atoms. The smallest absolute Gasteiger partial charge is 0.251 e. The second-order valence-electron chi connectivity index (χ2n) is 7.86. The van der Waals surface area contributed by atoms with Gasteiger partial charge in [0.05, 0.1) is 13.0 Å². The van der Waals surface area contributed by atoms with Crippen molar-refractivity contribution in [1.29, 1.82) is 0 Å². The van der Waals surface area contributed by atoms with Crippen LogP contribution >= 0.6 is 0 Å². The van der Waals surface area contributed by atoms with E-state index in [0.717, 1.165) is 16.7 Å². The average Bonchev–Trinajstić information content (AvgIpc) is 2.77. The zero-order chi connectivity index (χ0) is 22.9. The molecule has 0 aromatic heterocycles. The summed E-state index contributed by atoms with van der Waals surface area (Å²) in [6.07, 6.45) is 3.52. The summed E-state index contributed by atoms with van der Waals surface area (Å²) in [5.74, 6) is -0.603. The van der Waals surface area contributed by atoms with E-state index in [1.165, 1.54) is 18.2 Å². The lowest BCUT2D eigenvalue weighted by Gasteiger charge is -2.22. The van der Waals surface area contributed by atoms with Gasteiger partial charge in [-0.1, -0.05) is 54.6 Å². The molecular formula is C27H27FN2O2. The summed E-state index contributed by atoms with van der Waals surface area (Å²) in [6.45, 7) is 4.10. The van der Waals surface area contributed by atoms with Gasteiger partial charge >= 0.3 is 0 Å². The first kappa shape index (κ1) is 22.9. The topological polar surface area (TPSA) is 49.4 Å². The second-order valence-corrected chi connectivity index (χ2v) is 7.86. The van der Waals surface area contributed by atoms with E-state index in [1.807, 2.05) is 68.4 Å². The van der Waals surface area contributed by atoms with Gasteiger partial charge < -0.3 is 10.2 Å². The number of benzene rings is 3. The number of anilines is 1. The molecule has 32 heavy (non-hydrogen) atoms. The van der Waals surface area contributed by atoms with E-state index >= 15 is 0 Å². The molecule has 0 aliphatic rings. The van der Waals surface area contributed by atoms with E-state index in [9.17, 15) is 14.0 Å². The monoisotopic (exact) mass is 430 g/mol. The van der Waals surface area contributed by atoms with Crippen LogP contribution in [0.4, 0.5) is 10.1 Å². The van der Waals surface area contributed by atoms with Gasteiger partial charge in [0.1, 0.15) is 5.82 Å². The minimum atomic E-state index is -0.325. The highest BCUT2D eigenvalue weighted by Gasteiger charge is 2.15. The zero-order valence-corrected chi connectivity index (χ0v) is 18.3. The normalized spacial score (nSPS) is 11.0. The third kappa shape index (κ3) is 6.91. The predicted molar refractivity (Wildman–Crippen MR) is 126 cm³/mol. The highest BCUT2D eigenvalue weighted by Crippen LogP contribution is 2.21. The van der Waals surface area contributed by atoms with E-state index in [-0.39, 0.29) is 36.6 Å². The van der Waals surface area contributed by atoms with Crippen LogP contribution in [0.2, 0.25) is 0 Å². The molecule has 4 nitrogen and oxygen atoms in total. The Morgan fingerprint density at radius 3 is 2.34 bits per heavy atom. The highest BCUT2D eigenvalue weighted by atomic mass is 19.1. The van der Waals surface area contributed by atoms with Gasteiger partial charge in [-0.25, -0.2) is 4.39 Å². The molecule has 0 heterocycles. The molecule has 0 saturated carbocycles. The van der Waals surface area contributed by atoms with E-state index in [2.05, 4.69) is 5.32 Å². The molecule has 164 valence electrons. The molecule has 3 aromatic rings. The van der Waals surface area contributed by atoms with Gasteiger partial charge in [0, 0.05) is 17.8 Å². The van der Waals surface area contributed by atoms with Crippen molar-refractivity contribution in [3.63, 3.8) is 0 Å². The van der Waals surface area contributed by atoms with E-state index < -0.39 is 0 Å². The van der Waals surface area contributed by atoms with Crippen molar-refractivity contribution in [3.8, 4) is 0 Å². The molecule has 2 amide bonds. The highest BCUT2D eigenvalue weighted by molar-refractivity contribution is 6.03. The number of carbonyl (C=O) groups excluding carboxylic acids is 2. The Hall–Kier alpha value is -3.73. The molecular weight excluding hydrogens is 403 g/mol. The number of amides is 2. The van der Waals surface area contributed by atoms with Gasteiger partial charge in [0.25, 0.3) is 5.91 Å². The number of halogens is 1. The van der Waals surface area contributed by atoms with Gasteiger partial charge in [-0.15, -0.1) is 0 Å². The Morgan fingerprint density at radius 2 is 1.66 bits per heavy atom. The van der Waals surface area contributed by atoms with Gasteiger partial charge in [-0.3, -0.25) is 9.59 Å². The van der Waals surface area contributed by atoms with Crippen molar-refractivity contribution in [1.82, 2.24) is 5.32 Å². The summed E-state index contributed by atoms with van der Waals surface area (Å²) < 4.78 is 13.3. The minimum absolute atomic E-state index is 0.0605. The molecule has 0 atom stereocenters. The summed E-state index contributed by atoms with van der Waals surface area (Å²) in [7, 11) is 0. The Balaban J connectivity index is 1.87. The molecule has 3 aromatic carbocycles. The molecule has 0 fully saturated rings. The minimum Gasteiger partial charge on any atom is -0.354 e. The van der Waals surface area contributed by atoms with Gasteiger partial charge in [0.15, 0.2) is 0 Å². The van der Waals surface area contributed by atoms with Crippen LogP contribution in [0.5, 0.6) is 0 Å². The number of rotatable bonds is 8. The largest absolute Gasteiger partial charge is 0.354 e. The summed E-state index contributed by atoms with van der Waals surface area (Å²) in [5.41, 5.74) is 3.20. The lowest BCUT2D eigenvalue weighted by molar-refractivity contribution is -0.121. The third-order valence-corrected chi connectivity index (χ3v) is 4.77. The molecule has 0 aliphatic carbocycles. The maximum absolute atomic E-state index is 13.3. The fourth-order valence-electron chi connectivity index (χ4n) is 3.28.